The molecule has 0 heterocycles. The summed E-state index contributed by atoms with van der Waals surface area (Å²) < 4.78 is 28.0. The standard InChI is InChI=1S/C13H18F2O/c1-10-4-6-11(7-5-10)13(2,3)8-9-16-12(14)15/h4-7,12H,8-9H2,1-3H3. The predicted molar refractivity (Wildman–Crippen MR) is 60.8 cm³/mol. The van der Waals surface area contributed by atoms with Gasteiger partial charge in [-0.3, -0.25) is 0 Å². The third-order valence-electron chi connectivity index (χ3n) is 2.80. The highest BCUT2D eigenvalue weighted by molar-refractivity contribution is 5.27. The smallest absolute Gasteiger partial charge is 0.323 e. The van der Waals surface area contributed by atoms with Crippen LogP contribution in [0.3, 0.4) is 0 Å². The van der Waals surface area contributed by atoms with E-state index in [9.17, 15) is 8.78 Å². The van der Waals surface area contributed by atoms with Crippen molar-refractivity contribution in [1.29, 1.82) is 0 Å². The molecular formula is C13H18F2O. The molecule has 0 aliphatic rings. The Morgan fingerprint density at radius 2 is 1.75 bits per heavy atom. The zero-order valence-corrected chi connectivity index (χ0v) is 9.97. The van der Waals surface area contributed by atoms with Gasteiger partial charge in [0.25, 0.3) is 0 Å². The van der Waals surface area contributed by atoms with Crippen molar-refractivity contribution in [2.75, 3.05) is 6.61 Å². The number of rotatable bonds is 5. The molecule has 0 atom stereocenters. The summed E-state index contributed by atoms with van der Waals surface area (Å²) in [5.41, 5.74) is 2.21. The van der Waals surface area contributed by atoms with Gasteiger partial charge in [-0.15, -0.1) is 0 Å². The van der Waals surface area contributed by atoms with Crippen molar-refractivity contribution in [1.82, 2.24) is 0 Å². The van der Waals surface area contributed by atoms with Crippen LogP contribution in [-0.2, 0) is 10.2 Å². The van der Waals surface area contributed by atoms with Crippen LogP contribution in [0.5, 0.6) is 0 Å². The van der Waals surface area contributed by atoms with Crippen molar-refractivity contribution < 1.29 is 13.5 Å². The second kappa shape index (κ2) is 5.39. The van der Waals surface area contributed by atoms with Crippen molar-refractivity contribution in [3.63, 3.8) is 0 Å². The first kappa shape index (κ1) is 13.1. The fourth-order valence-corrected chi connectivity index (χ4v) is 1.55. The Balaban J connectivity index is 2.59. The van der Waals surface area contributed by atoms with Crippen LogP contribution < -0.4 is 0 Å². The maximum absolute atomic E-state index is 11.8. The molecule has 0 amide bonds. The molecule has 0 aliphatic heterocycles. The summed E-state index contributed by atoms with van der Waals surface area (Å²) in [5, 5.41) is 0. The monoisotopic (exact) mass is 228 g/mol. The van der Waals surface area contributed by atoms with Crippen LogP contribution >= 0.6 is 0 Å². The molecule has 0 bridgehead atoms. The first-order chi connectivity index (χ1) is 7.42. The van der Waals surface area contributed by atoms with Gasteiger partial charge in [0, 0.05) is 0 Å². The lowest BCUT2D eigenvalue weighted by Gasteiger charge is -2.25. The van der Waals surface area contributed by atoms with Gasteiger partial charge in [0.15, 0.2) is 0 Å². The molecule has 1 aromatic rings. The minimum atomic E-state index is -2.67. The van der Waals surface area contributed by atoms with E-state index in [0.29, 0.717) is 6.42 Å². The van der Waals surface area contributed by atoms with Gasteiger partial charge in [-0.25, -0.2) is 0 Å². The van der Waals surface area contributed by atoms with Gasteiger partial charge in [0.05, 0.1) is 6.61 Å². The number of benzene rings is 1. The molecule has 0 unspecified atom stereocenters. The van der Waals surface area contributed by atoms with Crippen LogP contribution in [0.25, 0.3) is 0 Å². The Hall–Kier alpha value is -0.960. The van der Waals surface area contributed by atoms with Crippen molar-refractivity contribution in [2.24, 2.45) is 0 Å². The van der Waals surface area contributed by atoms with Crippen molar-refractivity contribution in [3.05, 3.63) is 35.4 Å². The normalized spacial score (nSPS) is 12.1. The third kappa shape index (κ3) is 3.89. The molecule has 90 valence electrons. The van der Waals surface area contributed by atoms with Crippen LogP contribution in [0.2, 0.25) is 0 Å². The molecule has 0 aliphatic carbocycles. The van der Waals surface area contributed by atoms with Gasteiger partial charge in [-0.2, -0.15) is 8.78 Å². The zero-order chi connectivity index (χ0) is 12.2. The van der Waals surface area contributed by atoms with E-state index < -0.39 is 6.61 Å². The fourth-order valence-electron chi connectivity index (χ4n) is 1.55. The van der Waals surface area contributed by atoms with Crippen molar-refractivity contribution in [3.8, 4) is 0 Å². The number of halogens is 2. The summed E-state index contributed by atoms with van der Waals surface area (Å²) >= 11 is 0. The highest BCUT2D eigenvalue weighted by Crippen LogP contribution is 2.27. The molecule has 0 fully saturated rings. The second-order valence-corrected chi connectivity index (χ2v) is 4.63. The maximum atomic E-state index is 11.8. The SMILES string of the molecule is Cc1ccc(C(C)(C)CCOC(F)F)cc1. The lowest BCUT2D eigenvalue weighted by Crippen LogP contribution is -2.20. The Morgan fingerprint density at radius 3 is 2.25 bits per heavy atom. The van der Waals surface area contributed by atoms with Gasteiger partial charge in [0.2, 0.25) is 0 Å². The predicted octanol–water partition coefficient (Wildman–Crippen LogP) is 3.90. The van der Waals surface area contributed by atoms with E-state index in [0.717, 1.165) is 5.56 Å². The number of alkyl halides is 2. The highest BCUT2D eigenvalue weighted by atomic mass is 19.3. The Bertz CT molecular complexity index is 317. The van der Waals surface area contributed by atoms with E-state index in [1.165, 1.54) is 5.56 Å². The molecule has 0 radical (unpaired) electrons. The zero-order valence-electron chi connectivity index (χ0n) is 9.97. The van der Waals surface area contributed by atoms with Gasteiger partial charge < -0.3 is 4.74 Å². The summed E-state index contributed by atoms with van der Waals surface area (Å²) in [6.45, 7) is 3.50. The van der Waals surface area contributed by atoms with Crippen LogP contribution in [-0.4, -0.2) is 13.2 Å². The van der Waals surface area contributed by atoms with Gasteiger partial charge >= 0.3 is 6.61 Å². The minimum Gasteiger partial charge on any atom is -0.323 e. The molecule has 1 nitrogen and oxygen atoms in total. The van der Waals surface area contributed by atoms with E-state index in [1.807, 2.05) is 45.0 Å². The fraction of sp³-hybridized carbons (Fsp3) is 0.538. The number of hydrogen-bond donors (Lipinski definition) is 0. The number of aryl methyl sites for hydroxylation is 1. The Kier molecular flexibility index (Phi) is 4.42. The molecule has 1 rings (SSSR count). The quantitative estimate of drug-likeness (QED) is 0.742. The second-order valence-electron chi connectivity index (χ2n) is 4.63. The Labute approximate surface area is 95.4 Å². The average molecular weight is 228 g/mol. The molecule has 0 saturated heterocycles. The number of ether oxygens (including phenoxy) is 1. The largest absolute Gasteiger partial charge is 0.345 e. The van der Waals surface area contributed by atoms with E-state index in [2.05, 4.69) is 4.74 Å². The van der Waals surface area contributed by atoms with E-state index in [4.69, 9.17) is 0 Å². The minimum absolute atomic E-state index is 0.0819. The van der Waals surface area contributed by atoms with E-state index >= 15 is 0 Å². The third-order valence-corrected chi connectivity index (χ3v) is 2.80. The summed E-state index contributed by atoms with van der Waals surface area (Å²) in [6.07, 6.45) is 0.584. The summed E-state index contributed by atoms with van der Waals surface area (Å²) in [5.74, 6) is 0. The lowest BCUT2D eigenvalue weighted by atomic mass is 9.81. The molecule has 0 N–H and O–H groups in total. The topological polar surface area (TPSA) is 9.23 Å². The summed E-state index contributed by atoms with van der Waals surface area (Å²) in [4.78, 5) is 0. The summed E-state index contributed by atoms with van der Waals surface area (Å²) in [7, 11) is 0. The molecule has 16 heavy (non-hydrogen) atoms. The van der Waals surface area contributed by atoms with Gasteiger partial charge in [0.1, 0.15) is 0 Å². The average Bonchev–Trinajstić information content (AvgIpc) is 2.17. The molecule has 0 aromatic heterocycles. The Morgan fingerprint density at radius 1 is 1.19 bits per heavy atom. The van der Waals surface area contributed by atoms with Crippen LogP contribution in [0, 0.1) is 6.92 Å². The van der Waals surface area contributed by atoms with Crippen LogP contribution in [0.4, 0.5) is 8.78 Å². The van der Waals surface area contributed by atoms with Gasteiger partial charge in [-0.1, -0.05) is 43.7 Å². The van der Waals surface area contributed by atoms with Gasteiger partial charge in [-0.05, 0) is 24.3 Å². The highest BCUT2D eigenvalue weighted by Gasteiger charge is 2.20. The number of hydrogen-bond acceptors (Lipinski definition) is 1. The van der Waals surface area contributed by atoms with Crippen molar-refractivity contribution >= 4 is 0 Å². The molecule has 0 saturated carbocycles. The first-order valence-corrected chi connectivity index (χ1v) is 5.39. The van der Waals surface area contributed by atoms with Crippen molar-refractivity contribution in [2.45, 2.75) is 39.2 Å². The molecule has 0 spiro atoms. The van der Waals surface area contributed by atoms with Crippen LogP contribution in [0.15, 0.2) is 24.3 Å². The molecule has 1 aromatic carbocycles. The maximum Gasteiger partial charge on any atom is 0.345 e. The van der Waals surface area contributed by atoms with E-state index in [-0.39, 0.29) is 12.0 Å². The van der Waals surface area contributed by atoms with E-state index in [1.54, 1.807) is 0 Å². The lowest BCUT2D eigenvalue weighted by molar-refractivity contribution is -0.131. The molecular weight excluding hydrogens is 210 g/mol. The van der Waals surface area contributed by atoms with Crippen LogP contribution in [0.1, 0.15) is 31.4 Å². The first-order valence-electron chi connectivity index (χ1n) is 5.39. The molecule has 3 heteroatoms. The summed E-state index contributed by atoms with van der Waals surface area (Å²) in [6, 6.07) is 8.14.